The standard InChI is InChI=1S/C20H24N4O3/c1-4-12-21-19(25)20(26)24-22-13-15-9-7-11-17(27-3)18(15)23-16-10-6-5-8-14(16)2/h5-11,13,23H,4,12H2,1-3H3,(H,21,25)(H,24,26)/b22-13-. The Morgan fingerprint density at radius 3 is 2.59 bits per heavy atom. The van der Waals surface area contributed by atoms with E-state index in [1.54, 1.807) is 7.11 Å². The fraction of sp³-hybridized carbons (Fsp3) is 0.250. The number of benzene rings is 2. The molecule has 7 nitrogen and oxygen atoms in total. The van der Waals surface area contributed by atoms with E-state index in [2.05, 4.69) is 21.2 Å². The Kier molecular flexibility index (Phi) is 7.37. The van der Waals surface area contributed by atoms with Crippen molar-refractivity contribution in [2.75, 3.05) is 19.0 Å². The van der Waals surface area contributed by atoms with Crippen LogP contribution in [0.2, 0.25) is 0 Å². The van der Waals surface area contributed by atoms with Gasteiger partial charge in [-0.1, -0.05) is 37.3 Å². The molecular formula is C20H24N4O3. The maximum Gasteiger partial charge on any atom is 0.329 e. The lowest BCUT2D eigenvalue weighted by molar-refractivity contribution is -0.139. The fourth-order valence-electron chi connectivity index (χ4n) is 2.34. The van der Waals surface area contributed by atoms with Crippen LogP contribution in [0.3, 0.4) is 0 Å². The van der Waals surface area contributed by atoms with E-state index in [9.17, 15) is 9.59 Å². The molecule has 2 amide bonds. The summed E-state index contributed by atoms with van der Waals surface area (Å²) >= 11 is 0. The van der Waals surface area contributed by atoms with Crippen LogP contribution in [0, 0.1) is 6.92 Å². The number of hydrogen-bond donors (Lipinski definition) is 3. The zero-order chi connectivity index (χ0) is 19.6. The molecule has 0 bridgehead atoms. The van der Waals surface area contributed by atoms with Crippen molar-refractivity contribution in [3.63, 3.8) is 0 Å². The Morgan fingerprint density at radius 1 is 1.11 bits per heavy atom. The van der Waals surface area contributed by atoms with Gasteiger partial charge in [0.25, 0.3) is 0 Å². The summed E-state index contributed by atoms with van der Waals surface area (Å²) < 4.78 is 5.43. The van der Waals surface area contributed by atoms with Crippen LogP contribution in [0.25, 0.3) is 0 Å². The van der Waals surface area contributed by atoms with E-state index in [0.29, 0.717) is 23.5 Å². The number of carbonyl (C=O) groups excluding carboxylic acids is 2. The number of methoxy groups -OCH3 is 1. The summed E-state index contributed by atoms with van der Waals surface area (Å²) in [5.41, 5.74) is 5.65. The average Bonchev–Trinajstić information content (AvgIpc) is 2.68. The van der Waals surface area contributed by atoms with Gasteiger partial charge >= 0.3 is 11.8 Å². The predicted octanol–water partition coefficient (Wildman–Crippen LogP) is 2.72. The molecule has 0 radical (unpaired) electrons. The van der Waals surface area contributed by atoms with Crippen LogP contribution in [0.15, 0.2) is 47.6 Å². The van der Waals surface area contributed by atoms with Gasteiger partial charge in [-0.2, -0.15) is 5.10 Å². The molecule has 0 spiro atoms. The molecule has 0 aliphatic rings. The summed E-state index contributed by atoms with van der Waals surface area (Å²) in [6.45, 7) is 4.35. The number of aryl methyl sites for hydroxylation is 1. The van der Waals surface area contributed by atoms with Crippen LogP contribution in [0.1, 0.15) is 24.5 Å². The molecule has 2 aromatic carbocycles. The maximum atomic E-state index is 11.7. The van der Waals surface area contributed by atoms with Gasteiger partial charge in [0, 0.05) is 17.8 Å². The number of nitrogens with zero attached hydrogens (tertiary/aromatic N) is 1. The number of hydrazone groups is 1. The second-order valence-corrected chi connectivity index (χ2v) is 5.82. The van der Waals surface area contributed by atoms with E-state index < -0.39 is 11.8 Å². The Balaban J connectivity index is 2.18. The molecule has 0 fully saturated rings. The summed E-state index contributed by atoms with van der Waals surface area (Å²) in [6, 6.07) is 13.3. The molecule has 0 atom stereocenters. The molecule has 0 aliphatic carbocycles. The van der Waals surface area contributed by atoms with Crippen molar-refractivity contribution in [1.29, 1.82) is 0 Å². The van der Waals surface area contributed by atoms with E-state index in [0.717, 1.165) is 17.7 Å². The van der Waals surface area contributed by atoms with Gasteiger partial charge < -0.3 is 15.4 Å². The van der Waals surface area contributed by atoms with Crippen molar-refractivity contribution in [3.05, 3.63) is 53.6 Å². The van der Waals surface area contributed by atoms with Gasteiger partial charge in [-0.05, 0) is 31.0 Å². The van der Waals surface area contributed by atoms with Gasteiger partial charge in [-0.3, -0.25) is 9.59 Å². The predicted molar refractivity (Wildman–Crippen MR) is 106 cm³/mol. The lowest BCUT2D eigenvalue weighted by Crippen LogP contribution is -2.38. The number of carbonyl (C=O) groups is 2. The van der Waals surface area contributed by atoms with Crippen molar-refractivity contribution in [2.45, 2.75) is 20.3 Å². The van der Waals surface area contributed by atoms with Crippen molar-refractivity contribution < 1.29 is 14.3 Å². The average molecular weight is 368 g/mol. The largest absolute Gasteiger partial charge is 0.495 e. The molecule has 3 N–H and O–H groups in total. The minimum Gasteiger partial charge on any atom is -0.495 e. The number of para-hydroxylation sites is 2. The fourth-order valence-corrected chi connectivity index (χ4v) is 2.34. The minimum absolute atomic E-state index is 0.441. The second-order valence-electron chi connectivity index (χ2n) is 5.82. The number of ether oxygens (including phenoxy) is 1. The van der Waals surface area contributed by atoms with Crippen LogP contribution >= 0.6 is 0 Å². The Bertz CT molecular complexity index is 834. The maximum absolute atomic E-state index is 11.7. The number of rotatable bonds is 7. The molecule has 0 saturated heterocycles. The quantitative estimate of drug-likeness (QED) is 0.398. The zero-order valence-electron chi connectivity index (χ0n) is 15.7. The van der Waals surface area contributed by atoms with E-state index in [1.165, 1.54) is 6.21 Å². The number of anilines is 2. The summed E-state index contributed by atoms with van der Waals surface area (Å²) in [7, 11) is 1.58. The van der Waals surface area contributed by atoms with Crippen LogP contribution in [0.5, 0.6) is 5.75 Å². The molecule has 0 aromatic heterocycles. The van der Waals surface area contributed by atoms with Crippen molar-refractivity contribution >= 4 is 29.4 Å². The highest BCUT2D eigenvalue weighted by atomic mass is 16.5. The van der Waals surface area contributed by atoms with Crippen LogP contribution < -0.4 is 20.8 Å². The SMILES string of the molecule is CCCNC(=O)C(=O)N/N=C\c1cccc(OC)c1Nc1ccccc1C. The Morgan fingerprint density at radius 2 is 1.89 bits per heavy atom. The topological polar surface area (TPSA) is 91.8 Å². The number of nitrogens with one attached hydrogen (secondary N) is 3. The second kappa shape index (κ2) is 9.96. The highest BCUT2D eigenvalue weighted by Crippen LogP contribution is 2.31. The number of hydrogen-bond acceptors (Lipinski definition) is 5. The highest BCUT2D eigenvalue weighted by molar-refractivity contribution is 6.35. The molecule has 2 rings (SSSR count). The molecule has 27 heavy (non-hydrogen) atoms. The Hall–Kier alpha value is -3.35. The molecular weight excluding hydrogens is 344 g/mol. The summed E-state index contributed by atoms with van der Waals surface area (Å²) in [5.74, 6) is -0.886. The van der Waals surface area contributed by atoms with Gasteiger partial charge in [0.15, 0.2) is 0 Å². The molecule has 0 heterocycles. The van der Waals surface area contributed by atoms with E-state index in [4.69, 9.17) is 4.74 Å². The molecule has 2 aromatic rings. The van der Waals surface area contributed by atoms with Crippen LogP contribution in [-0.4, -0.2) is 31.7 Å². The first-order chi connectivity index (χ1) is 13.1. The van der Waals surface area contributed by atoms with Gasteiger partial charge in [-0.15, -0.1) is 0 Å². The third-order valence-electron chi connectivity index (χ3n) is 3.79. The van der Waals surface area contributed by atoms with Crippen molar-refractivity contribution in [2.24, 2.45) is 5.10 Å². The molecule has 0 aliphatic heterocycles. The van der Waals surface area contributed by atoms with Gasteiger partial charge in [-0.25, -0.2) is 5.43 Å². The smallest absolute Gasteiger partial charge is 0.329 e. The summed E-state index contributed by atoms with van der Waals surface area (Å²) in [5, 5.41) is 9.72. The molecule has 142 valence electrons. The molecule has 0 unspecified atom stereocenters. The van der Waals surface area contributed by atoms with Crippen LogP contribution in [0.4, 0.5) is 11.4 Å². The lowest BCUT2D eigenvalue weighted by atomic mass is 10.1. The van der Waals surface area contributed by atoms with E-state index in [1.807, 2.05) is 56.3 Å². The van der Waals surface area contributed by atoms with Crippen molar-refractivity contribution in [1.82, 2.24) is 10.7 Å². The zero-order valence-corrected chi connectivity index (χ0v) is 15.7. The first-order valence-corrected chi connectivity index (χ1v) is 8.67. The van der Waals surface area contributed by atoms with Gasteiger partial charge in [0.05, 0.1) is 19.0 Å². The first kappa shape index (κ1) is 20.0. The monoisotopic (exact) mass is 368 g/mol. The van der Waals surface area contributed by atoms with Gasteiger partial charge in [0.1, 0.15) is 5.75 Å². The van der Waals surface area contributed by atoms with Crippen molar-refractivity contribution in [3.8, 4) is 5.75 Å². The summed E-state index contributed by atoms with van der Waals surface area (Å²) in [4.78, 5) is 23.3. The molecule has 0 saturated carbocycles. The highest BCUT2D eigenvalue weighted by Gasteiger charge is 2.12. The summed E-state index contributed by atoms with van der Waals surface area (Å²) in [6.07, 6.45) is 2.22. The van der Waals surface area contributed by atoms with Crippen LogP contribution in [-0.2, 0) is 9.59 Å². The van der Waals surface area contributed by atoms with E-state index >= 15 is 0 Å². The normalized spacial score (nSPS) is 10.5. The first-order valence-electron chi connectivity index (χ1n) is 8.67. The third-order valence-corrected chi connectivity index (χ3v) is 3.79. The van der Waals surface area contributed by atoms with E-state index in [-0.39, 0.29) is 0 Å². The number of amides is 2. The molecule has 7 heteroatoms. The van der Waals surface area contributed by atoms with Gasteiger partial charge in [0.2, 0.25) is 0 Å². The Labute approximate surface area is 158 Å². The minimum atomic E-state index is -0.809. The lowest BCUT2D eigenvalue weighted by Gasteiger charge is -2.15. The third kappa shape index (κ3) is 5.57.